The zero-order valence-electron chi connectivity index (χ0n) is 17.1. The van der Waals surface area contributed by atoms with Crippen LogP contribution < -0.4 is 9.64 Å². The number of phenolic OH excluding ortho intramolecular Hbond substituents is 1. The third-order valence-electron chi connectivity index (χ3n) is 5.28. The van der Waals surface area contributed by atoms with Crippen molar-refractivity contribution in [3.63, 3.8) is 0 Å². The number of Topliss-reactive ketones (excluding diaryl/α,β-unsaturated/α-hetero) is 1. The van der Waals surface area contributed by atoms with Crippen LogP contribution in [0.4, 0.5) is 14.5 Å². The summed E-state index contributed by atoms with van der Waals surface area (Å²) in [5.74, 6) is -4.62. The molecule has 3 aromatic carbocycles. The predicted octanol–water partition coefficient (Wildman–Crippen LogP) is 4.96. The van der Waals surface area contributed by atoms with Crippen LogP contribution in [0.15, 0.2) is 66.2 Å². The molecule has 1 heterocycles. The molecule has 1 atom stereocenters. The number of hydrogen-bond acceptors (Lipinski definition) is 5. The molecule has 33 heavy (non-hydrogen) atoms. The number of anilines is 1. The Bertz CT molecular complexity index is 1310. The van der Waals surface area contributed by atoms with Crippen LogP contribution in [-0.2, 0) is 9.59 Å². The fourth-order valence-corrected chi connectivity index (χ4v) is 3.84. The fourth-order valence-electron chi connectivity index (χ4n) is 3.65. The summed E-state index contributed by atoms with van der Waals surface area (Å²) in [4.78, 5) is 27.0. The predicted molar refractivity (Wildman–Crippen MR) is 117 cm³/mol. The zero-order valence-corrected chi connectivity index (χ0v) is 17.8. The Balaban J connectivity index is 1.95. The van der Waals surface area contributed by atoms with Crippen molar-refractivity contribution in [2.75, 3.05) is 12.0 Å². The lowest BCUT2D eigenvalue weighted by atomic mass is 9.95. The average molecular weight is 472 g/mol. The molecule has 1 saturated heterocycles. The summed E-state index contributed by atoms with van der Waals surface area (Å²) in [6.07, 6.45) is 0. The first-order chi connectivity index (χ1) is 15.7. The highest BCUT2D eigenvalue weighted by atomic mass is 35.5. The summed E-state index contributed by atoms with van der Waals surface area (Å²) in [5, 5.41) is 20.8. The van der Waals surface area contributed by atoms with Crippen LogP contribution in [0.2, 0.25) is 5.02 Å². The van der Waals surface area contributed by atoms with Crippen molar-refractivity contribution in [2.24, 2.45) is 0 Å². The summed E-state index contributed by atoms with van der Waals surface area (Å²) in [6.45, 7) is 0. The van der Waals surface area contributed by atoms with Gasteiger partial charge in [0.2, 0.25) is 0 Å². The van der Waals surface area contributed by atoms with Crippen molar-refractivity contribution in [1.82, 2.24) is 0 Å². The monoisotopic (exact) mass is 471 g/mol. The lowest BCUT2D eigenvalue weighted by Crippen LogP contribution is -2.29. The van der Waals surface area contributed by atoms with Crippen LogP contribution >= 0.6 is 11.6 Å². The quantitative estimate of drug-likeness (QED) is 0.319. The van der Waals surface area contributed by atoms with Gasteiger partial charge in [-0.05, 0) is 54.1 Å². The minimum absolute atomic E-state index is 0.0622. The van der Waals surface area contributed by atoms with Crippen molar-refractivity contribution in [3.05, 3.63) is 94.0 Å². The minimum Gasteiger partial charge on any atom is -0.507 e. The number of ether oxygens (including phenoxy) is 1. The molecule has 2 N–H and O–H groups in total. The number of phenols is 1. The van der Waals surface area contributed by atoms with Crippen LogP contribution in [0.3, 0.4) is 0 Å². The van der Waals surface area contributed by atoms with Gasteiger partial charge in [0.15, 0.2) is 11.6 Å². The standard InChI is InChI=1S/C24H16ClF2NO5/c1-33-15-6-2-12(3-7-15)22(30)20-21(13-4-9-19(29)16(25)10-13)28(24(32)23(20)31)14-5-8-17(26)18(27)11-14/h2-11,21,29-30H,1H3/b22-20+. The molecule has 4 rings (SSSR count). The smallest absolute Gasteiger partial charge is 0.300 e. The molecule has 168 valence electrons. The van der Waals surface area contributed by atoms with E-state index in [0.29, 0.717) is 5.75 Å². The van der Waals surface area contributed by atoms with Gasteiger partial charge in [-0.3, -0.25) is 14.5 Å². The summed E-state index contributed by atoms with van der Waals surface area (Å²) in [7, 11) is 1.47. The summed E-state index contributed by atoms with van der Waals surface area (Å²) in [5.41, 5.74) is 0.112. The molecule has 0 aromatic heterocycles. The third kappa shape index (κ3) is 3.89. The number of nitrogens with zero attached hydrogens (tertiary/aromatic N) is 1. The Morgan fingerprint density at radius 1 is 1.00 bits per heavy atom. The Hall–Kier alpha value is -3.91. The number of rotatable bonds is 4. The first-order valence-corrected chi connectivity index (χ1v) is 9.99. The van der Waals surface area contributed by atoms with Gasteiger partial charge in [-0.15, -0.1) is 0 Å². The van der Waals surface area contributed by atoms with Crippen molar-refractivity contribution in [1.29, 1.82) is 0 Å². The van der Waals surface area contributed by atoms with E-state index in [2.05, 4.69) is 0 Å². The molecule has 1 fully saturated rings. The number of amides is 1. The first kappa shape index (κ1) is 22.3. The van der Waals surface area contributed by atoms with E-state index in [1.54, 1.807) is 12.1 Å². The molecule has 3 aromatic rings. The molecule has 0 saturated carbocycles. The number of aromatic hydroxyl groups is 1. The molecular weight excluding hydrogens is 456 g/mol. The largest absolute Gasteiger partial charge is 0.507 e. The Morgan fingerprint density at radius 3 is 2.30 bits per heavy atom. The second-order valence-corrected chi connectivity index (χ2v) is 7.61. The molecular formula is C24H16ClF2NO5. The van der Waals surface area contributed by atoms with Crippen molar-refractivity contribution >= 4 is 34.7 Å². The van der Waals surface area contributed by atoms with Crippen molar-refractivity contribution in [3.8, 4) is 11.5 Å². The lowest BCUT2D eigenvalue weighted by Gasteiger charge is -2.25. The molecule has 0 bridgehead atoms. The van der Waals surface area contributed by atoms with Gasteiger partial charge >= 0.3 is 0 Å². The number of benzene rings is 3. The number of aliphatic hydroxyl groups excluding tert-OH is 1. The van der Waals surface area contributed by atoms with E-state index in [9.17, 15) is 28.6 Å². The second-order valence-electron chi connectivity index (χ2n) is 7.21. The van der Waals surface area contributed by atoms with E-state index < -0.39 is 35.1 Å². The number of carbonyl (C=O) groups is 2. The van der Waals surface area contributed by atoms with E-state index >= 15 is 0 Å². The maximum absolute atomic E-state index is 14.0. The van der Waals surface area contributed by atoms with E-state index in [4.69, 9.17) is 16.3 Å². The van der Waals surface area contributed by atoms with Gasteiger partial charge in [0.1, 0.15) is 17.3 Å². The molecule has 9 heteroatoms. The van der Waals surface area contributed by atoms with Crippen LogP contribution in [0.1, 0.15) is 17.2 Å². The van der Waals surface area contributed by atoms with Crippen LogP contribution in [0.5, 0.6) is 11.5 Å². The van der Waals surface area contributed by atoms with Gasteiger partial charge in [0.25, 0.3) is 11.7 Å². The highest BCUT2D eigenvalue weighted by Gasteiger charge is 2.47. The zero-order chi connectivity index (χ0) is 23.9. The highest BCUT2D eigenvalue weighted by molar-refractivity contribution is 6.51. The van der Waals surface area contributed by atoms with E-state index in [-0.39, 0.29) is 33.2 Å². The molecule has 1 unspecified atom stereocenters. The van der Waals surface area contributed by atoms with Gasteiger partial charge in [-0.1, -0.05) is 17.7 Å². The molecule has 1 aliphatic heterocycles. The normalized spacial score (nSPS) is 17.5. The molecule has 0 radical (unpaired) electrons. The Kier molecular flexibility index (Phi) is 5.78. The number of hydrogen-bond donors (Lipinski definition) is 2. The average Bonchev–Trinajstić information content (AvgIpc) is 3.07. The molecule has 0 aliphatic carbocycles. The molecule has 1 amide bonds. The maximum Gasteiger partial charge on any atom is 0.300 e. The van der Waals surface area contributed by atoms with Crippen LogP contribution in [-0.4, -0.2) is 29.0 Å². The number of carbonyl (C=O) groups excluding carboxylic acids is 2. The SMILES string of the molecule is COc1ccc(/C(O)=C2\C(=O)C(=O)N(c3ccc(F)c(F)c3)C2c2ccc(O)c(Cl)c2)cc1. The van der Waals surface area contributed by atoms with Gasteiger partial charge < -0.3 is 14.9 Å². The van der Waals surface area contributed by atoms with Crippen molar-refractivity contribution < 1.29 is 33.3 Å². The van der Waals surface area contributed by atoms with Crippen molar-refractivity contribution in [2.45, 2.75) is 6.04 Å². The van der Waals surface area contributed by atoms with Crippen LogP contribution in [0, 0.1) is 11.6 Å². The first-order valence-electron chi connectivity index (χ1n) is 9.61. The molecule has 6 nitrogen and oxygen atoms in total. The van der Waals surface area contributed by atoms with Gasteiger partial charge in [-0.2, -0.15) is 0 Å². The second kappa shape index (κ2) is 8.55. The number of ketones is 1. The lowest BCUT2D eigenvalue weighted by molar-refractivity contribution is -0.132. The van der Waals surface area contributed by atoms with Gasteiger partial charge in [-0.25, -0.2) is 8.78 Å². The highest BCUT2D eigenvalue weighted by Crippen LogP contribution is 2.43. The molecule has 0 spiro atoms. The van der Waals surface area contributed by atoms with E-state index in [1.165, 1.54) is 37.4 Å². The fraction of sp³-hybridized carbons (Fsp3) is 0.0833. The maximum atomic E-state index is 14.0. The topological polar surface area (TPSA) is 87.1 Å². The van der Waals surface area contributed by atoms with E-state index in [1.807, 2.05) is 0 Å². The Labute approximate surface area is 191 Å². The summed E-state index contributed by atoms with van der Waals surface area (Å²) >= 11 is 6.04. The minimum atomic E-state index is -1.23. The molecule has 1 aliphatic rings. The van der Waals surface area contributed by atoms with E-state index in [0.717, 1.165) is 23.1 Å². The van der Waals surface area contributed by atoms with Gasteiger partial charge in [0, 0.05) is 17.3 Å². The number of aliphatic hydroxyl groups is 1. The third-order valence-corrected chi connectivity index (χ3v) is 5.58. The van der Waals surface area contributed by atoms with Crippen LogP contribution in [0.25, 0.3) is 5.76 Å². The Morgan fingerprint density at radius 2 is 1.70 bits per heavy atom. The summed E-state index contributed by atoms with van der Waals surface area (Å²) < 4.78 is 32.6. The summed E-state index contributed by atoms with van der Waals surface area (Å²) in [6, 6.07) is 11.6. The number of halogens is 3. The number of methoxy groups -OCH3 is 1. The van der Waals surface area contributed by atoms with Gasteiger partial charge in [0.05, 0.1) is 23.7 Å².